The predicted molar refractivity (Wildman–Crippen MR) is 59.9 cm³/mol. The van der Waals surface area contributed by atoms with Gasteiger partial charge in [-0.05, 0) is 18.2 Å². The summed E-state index contributed by atoms with van der Waals surface area (Å²) in [6.07, 6.45) is 3.24. The van der Waals surface area contributed by atoms with Gasteiger partial charge in [0.15, 0.2) is 0 Å². The number of nitrogens with two attached hydrogens (primary N) is 2. The van der Waals surface area contributed by atoms with E-state index in [1.54, 1.807) is 18.5 Å². The zero-order chi connectivity index (χ0) is 12.7. The molecule has 0 aliphatic carbocycles. The Kier molecular flexibility index (Phi) is 4.37. The Hall–Kier alpha value is -2.70. The van der Waals surface area contributed by atoms with Crippen molar-refractivity contribution in [2.45, 2.75) is 0 Å². The van der Waals surface area contributed by atoms with Crippen LogP contribution in [0.3, 0.4) is 0 Å². The van der Waals surface area contributed by atoms with Crippen LogP contribution >= 0.6 is 0 Å². The summed E-state index contributed by atoms with van der Waals surface area (Å²) in [5.41, 5.74) is 10.6. The lowest BCUT2D eigenvalue weighted by Crippen LogP contribution is -2.14. The molecule has 2 aromatic rings. The van der Waals surface area contributed by atoms with Crippen molar-refractivity contribution in [1.82, 2.24) is 15.4 Å². The topological polar surface area (TPSA) is 128 Å². The quantitative estimate of drug-likeness (QED) is 0.657. The Balaban J connectivity index is 0.000000239. The van der Waals surface area contributed by atoms with E-state index in [1.165, 1.54) is 18.2 Å². The van der Waals surface area contributed by atoms with Gasteiger partial charge in [0.05, 0.1) is 6.20 Å². The second-order valence-electron chi connectivity index (χ2n) is 2.97. The standard InChI is InChI=1S/C8H8N2O2.C2H3N3/c9-7(11)5-2-1-3-6(4-5)8(10)12;1-2-4-5-3-1/h1-4H,(H2,9,11)(H2,10,12);1-2H,(H,3,4,5). The number of aromatic nitrogens is 3. The molecule has 0 saturated heterocycles. The molecule has 1 heterocycles. The SMILES string of the molecule is NC(=O)c1cccc(C(N)=O)c1.c1c[nH]nn1. The highest BCUT2D eigenvalue weighted by Crippen LogP contribution is 2.03. The van der Waals surface area contributed by atoms with Crippen LogP contribution < -0.4 is 11.5 Å². The molecule has 1 aromatic carbocycles. The predicted octanol–water partition coefficient (Wildman–Crippen LogP) is -0.311. The first kappa shape index (κ1) is 12.4. The van der Waals surface area contributed by atoms with Gasteiger partial charge < -0.3 is 11.5 Å². The number of nitrogens with one attached hydrogen (secondary N) is 1. The molecule has 5 N–H and O–H groups in total. The smallest absolute Gasteiger partial charge is 0.248 e. The molecule has 0 aliphatic heterocycles. The van der Waals surface area contributed by atoms with Gasteiger partial charge in [-0.15, -0.1) is 5.10 Å². The fraction of sp³-hybridized carbons (Fsp3) is 0. The molecular weight excluding hydrogens is 222 g/mol. The van der Waals surface area contributed by atoms with E-state index in [0.29, 0.717) is 0 Å². The van der Waals surface area contributed by atoms with E-state index >= 15 is 0 Å². The first-order chi connectivity index (χ1) is 8.11. The third-order valence-electron chi connectivity index (χ3n) is 1.76. The van der Waals surface area contributed by atoms with Gasteiger partial charge in [0, 0.05) is 17.3 Å². The zero-order valence-corrected chi connectivity index (χ0v) is 8.83. The molecule has 0 atom stereocenters. The summed E-state index contributed by atoms with van der Waals surface area (Å²) in [5, 5.41) is 9.26. The molecule has 7 heteroatoms. The van der Waals surface area contributed by atoms with E-state index in [9.17, 15) is 9.59 Å². The van der Waals surface area contributed by atoms with Gasteiger partial charge in [-0.25, -0.2) is 0 Å². The van der Waals surface area contributed by atoms with Crippen LogP contribution in [0.15, 0.2) is 36.7 Å². The molecule has 0 spiro atoms. The Bertz CT molecular complexity index is 449. The normalized spacial score (nSPS) is 8.94. The maximum atomic E-state index is 10.6. The van der Waals surface area contributed by atoms with E-state index in [-0.39, 0.29) is 11.1 Å². The Labute approximate surface area is 96.8 Å². The van der Waals surface area contributed by atoms with Crippen molar-refractivity contribution < 1.29 is 9.59 Å². The average Bonchev–Trinajstić information content (AvgIpc) is 2.87. The summed E-state index contributed by atoms with van der Waals surface area (Å²) in [6, 6.07) is 5.97. The second-order valence-corrected chi connectivity index (χ2v) is 2.97. The first-order valence-electron chi connectivity index (χ1n) is 4.61. The third-order valence-corrected chi connectivity index (χ3v) is 1.76. The molecule has 17 heavy (non-hydrogen) atoms. The molecule has 2 amide bonds. The molecule has 7 nitrogen and oxygen atoms in total. The molecule has 0 aliphatic rings. The largest absolute Gasteiger partial charge is 0.366 e. The van der Waals surface area contributed by atoms with Crippen molar-refractivity contribution in [1.29, 1.82) is 0 Å². The molecule has 1 aromatic heterocycles. The number of rotatable bonds is 2. The number of amides is 2. The van der Waals surface area contributed by atoms with Crippen LogP contribution in [0.2, 0.25) is 0 Å². The molecular formula is C10H11N5O2. The number of H-pyrrole nitrogens is 1. The zero-order valence-electron chi connectivity index (χ0n) is 8.83. The summed E-state index contributed by atoms with van der Waals surface area (Å²) in [6.45, 7) is 0. The summed E-state index contributed by atoms with van der Waals surface area (Å²) < 4.78 is 0. The molecule has 88 valence electrons. The number of aromatic amines is 1. The van der Waals surface area contributed by atoms with E-state index in [1.807, 2.05) is 0 Å². The minimum atomic E-state index is -0.571. The summed E-state index contributed by atoms with van der Waals surface area (Å²) in [7, 11) is 0. The second kappa shape index (κ2) is 6.01. The van der Waals surface area contributed by atoms with E-state index < -0.39 is 11.8 Å². The highest BCUT2D eigenvalue weighted by molar-refractivity contribution is 5.98. The average molecular weight is 233 g/mol. The van der Waals surface area contributed by atoms with Crippen LogP contribution in [0.1, 0.15) is 20.7 Å². The van der Waals surface area contributed by atoms with Crippen molar-refractivity contribution >= 4 is 11.8 Å². The maximum Gasteiger partial charge on any atom is 0.248 e. The minimum absolute atomic E-state index is 0.284. The number of nitrogens with zero attached hydrogens (tertiary/aromatic N) is 2. The first-order valence-corrected chi connectivity index (χ1v) is 4.61. The summed E-state index contributed by atoms with van der Waals surface area (Å²) >= 11 is 0. The van der Waals surface area contributed by atoms with Gasteiger partial charge in [0.2, 0.25) is 11.8 Å². The number of benzene rings is 1. The lowest BCUT2D eigenvalue weighted by atomic mass is 10.1. The van der Waals surface area contributed by atoms with Crippen molar-refractivity contribution in [2.24, 2.45) is 11.5 Å². The van der Waals surface area contributed by atoms with Crippen LogP contribution in [0.5, 0.6) is 0 Å². The molecule has 0 fully saturated rings. The van der Waals surface area contributed by atoms with Crippen molar-refractivity contribution in [3.8, 4) is 0 Å². The summed E-state index contributed by atoms with van der Waals surface area (Å²) in [5.74, 6) is -1.14. The van der Waals surface area contributed by atoms with Gasteiger partial charge in [-0.3, -0.25) is 14.7 Å². The third kappa shape index (κ3) is 4.12. The Morgan fingerprint density at radius 2 is 1.71 bits per heavy atom. The van der Waals surface area contributed by atoms with Crippen molar-refractivity contribution in [3.63, 3.8) is 0 Å². The van der Waals surface area contributed by atoms with E-state index in [0.717, 1.165) is 0 Å². The monoisotopic (exact) mass is 233 g/mol. The lowest BCUT2D eigenvalue weighted by molar-refractivity contribution is 0.0999. The summed E-state index contributed by atoms with van der Waals surface area (Å²) in [4.78, 5) is 21.3. The molecule has 0 unspecified atom stereocenters. The van der Waals surface area contributed by atoms with Gasteiger partial charge >= 0.3 is 0 Å². The minimum Gasteiger partial charge on any atom is -0.366 e. The van der Waals surface area contributed by atoms with Gasteiger partial charge in [-0.1, -0.05) is 11.3 Å². The van der Waals surface area contributed by atoms with Gasteiger partial charge in [0.1, 0.15) is 0 Å². The van der Waals surface area contributed by atoms with Crippen LogP contribution in [0.25, 0.3) is 0 Å². The fourth-order valence-electron chi connectivity index (χ4n) is 0.992. The number of hydrogen-bond acceptors (Lipinski definition) is 4. The number of carbonyl (C=O) groups excluding carboxylic acids is 2. The van der Waals surface area contributed by atoms with Crippen LogP contribution in [-0.4, -0.2) is 27.2 Å². The molecule has 2 rings (SSSR count). The van der Waals surface area contributed by atoms with Gasteiger partial charge in [0.25, 0.3) is 0 Å². The van der Waals surface area contributed by atoms with E-state index in [4.69, 9.17) is 11.5 Å². The lowest BCUT2D eigenvalue weighted by Gasteiger charge is -1.97. The van der Waals surface area contributed by atoms with Gasteiger partial charge in [-0.2, -0.15) is 0 Å². The fourth-order valence-corrected chi connectivity index (χ4v) is 0.992. The van der Waals surface area contributed by atoms with Crippen LogP contribution in [0, 0.1) is 0 Å². The van der Waals surface area contributed by atoms with Crippen molar-refractivity contribution in [3.05, 3.63) is 47.8 Å². The number of primary amides is 2. The van der Waals surface area contributed by atoms with Crippen molar-refractivity contribution in [2.75, 3.05) is 0 Å². The van der Waals surface area contributed by atoms with Crippen LogP contribution in [0.4, 0.5) is 0 Å². The van der Waals surface area contributed by atoms with E-state index in [2.05, 4.69) is 15.4 Å². The highest BCUT2D eigenvalue weighted by Gasteiger charge is 2.03. The molecule has 0 radical (unpaired) electrons. The van der Waals surface area contributed by atoms with Crippen LogP contribution in [-0.2, 0) is 0 Å². The maximum absolute atomic E-state index is 10.6. The molecule has 0 bridgehead atoms. The number of hydrogen-bond donors (Lipinski definition) is 3. The number of carbonyl (C=O) groups is 2. The molecule has 0 saturated carbocycles. The highest BCUT2D eigenvalue weighted by atomic mass is 16.1. The Morgan fingerprint density at radius 3 is 2.00 bits per heavy atom. The Morgan fingerprint density at radius 1 is 1.12 bits per heavy atom.